The summed E-state index contributed by atoms with van der Waals surface area (Å²) in [5, 5.41) is 10.7. The van der Waals surface area contributed by atoms with Gasteiger partial charge in [-0.1, -0.05) is 20.8 Å². The molecule has 10 atom stereocenters. The van der Waals surface area contributed by atoms with Crippen LogP contribution >= 0.6 is 25.2 Å². The van der Waals surface area contributed by atoms with Gasteiger partial charge in [0, 0.05) is 6.20 Å². The summed E-state index contributed by atoms with van der Waals surface area (Å²) < 4.78 is 64.8. The third kappa shape index (κ3) is 8.02. The predicted octanol–water partition coefficient (Wildman–Crippen LogP) is 3.84. The topological polar surface area (TPSA) is 209 Å². The first-order valence-electron chi connectivity index (χ1n) is 18.3. The molecule has 0 aromatic carbocycles. The number of fused-ring (bicyclic) bond motifs is 4. The van der Waals surface area contributed by atoms with Crippen LogP contribution < -0.4 is 5.56 Å². The normalized spacial score (nSPS) is 34.1. The minimum atomic E-state index is -4.27. The fourth-order valence-corrected chi connectivity index (χ4v) is 12.3. The highest BCUT2D eigenvalue weighted by molar-refractivity contribution is 8.07. The second-order valence-electron chi connectivity index (χ2n) is 15.8. The number of nitrogens with zero attached hydrogens (tertiary/aromatic N) is 7. The first kappa shape index (κ1) is 42.1. The van der Waals surface area contributed by atoms with Gasteiger partial charge in [-0.15, -0.1) is 11.8 Å². The van der Waals surface area contributed by atoms with Crippen molar-refractivity contribution in [2.75, 3.05) is 25.6 Å². The Morgan fingerprint density at radius 1 is 0.982 bits per heavy atom. The molecule has 0 radical (unpaired) electrons. The zero-order valence-electron chi connectivity index (χ0n) is 31.6. The number of hydrogen-bond donors (Lipinski definition) is 3. The van der Waals surface area contributed by atoms with Crippen molar-refractivity contribution in [2.45, 2.75) is 112 Å². The molecule has 4 aliphatic heterocycles. The average molecular weight is 908 g/mol. The molecule has 4 aromatic rings. The van der Waals surface area contributed by atoms with Gasteiger partial charge in [0.2, 0.25) is 0 Å². The van der Waals surface area contributed by atoms with E-state index in [1.54, 1.807) is 22.5 Å². The van der Waals surface area contributed by atoms with Gasteiger partial charge < -0.3 is 42.4 Å². The van der Waals surface area contributed by atoms with Crippen LogP contribution in [0, 0.1) is 0 Å². The lowest BCUT2D eigenvalue weighted by Gasteiger charge is -2.40. The molecule has 25 heteroatoms. The number of aliphatic hydroxyl groups excluding tert-OH is 1. The van der Waals surface area contributed by atoms with Gasteiger partial charge in [0.25, 0.3) is 5.56 Å². The second kappa shape index (κ2) is 15.7. The number of aromatic nitrogens is 7. The third-order valence-electron chi connectivity index (χ3n) is 11.0. The molecule has 4 aromatic heterocycles. The average Bonchev–Trinajstić information content (AvgIpc) is 3.85. The number of alkyl halides is 1. The molecular formula is C32H44FN7O11P2S3Si. The minimum absolute atomic E-state index is 0.00902. The van der Waals surface area contributed by atoms with Crippen molar-refractivity contribution >= 4 is 79.3 Å². The summed E-state index contributed by atoms with van der Waals surface area (Å²) in [5.74, 6) is 0.886. The summed E-state index contributed by atoms with van der Waals surface area (Å²) in [4.78, 5) is 54.2. The van der Waals surface area contributed by atoms with E-state index in [-0.39, 0.29) is 29.4 Å². The van der Waals surface area contributed by atoms with E-state index in [1.165, 1.54) is 28.1 Å². The van der Waals surface area contributed by atoms with E-state index in [0.29, 0.717) is 5.65 Å². The fraction of sp³-hybridized carbons (Fsp3) is 0.656. The lowest BCUT2D eigenvalue weighted by atomic mass is 10.1. The van der Waals surface area contributed by atoms with Crippen LogP contribution in [0.15, 0.2) is 35.0 Å². The van der Waals surface area contributed by atoms with E-state index in [0.717, 1.165) is 34.6 Å². The van der Waals surface area contributed by atoms with Gasteiger partial charge in [-0.25, -0.2) is 24.3 Å². The predicted molar refractivity (Wildman–Crippen MR) is 215 cm³/mol. The summed E-state index contributed by atoms with van der Waals surface area (Å²) in [6.45, 7) is 0.392. The Hall–Kier alpha value is -1.63. The molecule has 0 saturated carbocycles. The van der Waals surface area contributed by atoms with E-state index in [2.05, 4.69) is 19.9 Å². The quantitative estimate of drug-likeness (QED) is 0.143. The lowest BCUT2D eigenvalue weighted by molar-refractivity contribution is -0.0601. The number of ether oxygens (including phenoxy) is 2. The van der Waals surface area contributed by atoms with Crippen LogP contribution in [0.25, 0.3) is 22.2 Å². The van der Waals surface area contributed by atoms with Gasteiger partial charge in [-0.3, -0.25) is 23.0 Å². The van der Waals surface area contributed by atoms with Crippen molar-refractivity contribution in [3.8, 4) is 0 Å². The number of rotatable bonds is 6. The van der Waals surface area contributed by atoms with Gasteiger partial charge in [-0.05, 0) is 65.9 Å². The Labute approximate surface area is 342 Å². The first-order chi connectivity index (χ1) is 26.9. The number of halogens is 1. The van der Waals surface area contributed by atoms with Crippen LogP contribution in [0.1, 0.15) is 45.2 Å². The molecule has 57 heavy (non-hydrogen) atoms. The number of aryl methyl sites for hydroxylation is 1. The Kier molecular flexibility index (Phi) is 11.6. The molecule has 3 fully saturated rings. The highest BCUT2D eigenvalue weighted by Gasteiger charge is 2.56. The van der Waals surface area contributed by atoms with Crippen molar-refractivity contribution in [2.24, 2.45) is 0 Å². The van der Waals surface area contributed by atoms with Crippen molar-refractivity contribution in [1.29, 1.82) is 0 Å². The summed E-state index contributed by atoms with van der Waals surface area (Å²) in [6, 6.07) is 0. The fourth-order valence-electron chi connectivity index (χ4n) is 7.17. The largest absolute Gasteiger partial charge is 0.408 e. The van der Waals surface area contributed by atoms with Crippen molar-refractivity contribution in [1.82, 2.24) is 33.6 Å². The van der Waals surface area contributed by atoms with Crippen molar-refractivity contribution < 1.29 is 51.3 Å². The molecule has 2 unspecified atom stereocenters. The molecule has 0 aliphatic carbocycles. The summed E-state index contributed by atoms with van der Waals surface area (Å²) in [5.41, 5.74) is 1.04. The molecule has 0 amide bonds. The maximum atomic E-state index is 16.8. The number of aliphatic hydroxyl groups is 1. The Morgan fingerprint density at radius 2 is 1.68 bits per heavy atom. The summed E-state index contributed by atoms with van der Waals surface area (Å²) in [6.07, 6.45) is -2.97. The van der Waals surface area contributed by atoms with Crippen LogP contribution in [-0.2, 0) is 68.6 Å². The van der Waals surface area contributed by atoms with Gasteiger partial charge in [0.15, 0.2) is 38.1 Å². The molecule has 3 saturated heterocycles. The summed E-state index contributed by atoms with van der Waals surface area (Å²) in [7, 11) is -2.67. The van der Waals surface area contributed by atoms with Crippen LogP contribution in [0.3, 0.4) is 0 Å². The second-order valence-corrected chi connectivity index (χ2v) is 27.2. The lowest BCUT2D eigenvalue weighted by Crippen LogP contribution is -2.50. The van der Waals surface area contributed by atoms with Gasteiger partial charge in [-0.2, -0.15) is 0 Å². The molecule has 18 nitrogen and oxygen atoms in total. The zero-order chi connectivity index (χ0) is 40.7. The SMILES string of the molecule is CC(C)(C)[Si](C)(C)O[C@H]1[C@H]2OP(O)(=S)OC[C@H]3O[C@@H](n4cc5c6c(ncnc64)SCCC5)[C@H](F)[C@@H]3OP(O)(=S)OC[C@H]1O[C@H]2n1cnc2c(=O)n(CCO)cnc21. The van der Waals surface area contributed by atoms with Crippen molar-refractivity contribution in [3.63, 3.8) is 0 Å². The molecule has 312 valence electrons. The minimum Gasteiger partial charge on any atom is -0.408 e. The number of imidazole rings is 1. The zero-order valence-corrected chi connectivity index (χ0v) is 36.9. The standard InChI is InChI=1S/C32H44FN7O11P2S3Si/c1-32(2,3)57(4,5)51-24-19-13-46-52(43,54)49-23-18(47-30(21(23)33)39-11-17-7-6-10-56-28-20(17)26(39)34-14-35-28)12-45-53(44,55)50-25(24)31(48-19)40-16-36-22-27(40)37-15-38(8-9-41)29(22)42/h11,14-16,18-19,21,23-25,30-31,41H,6-10,12-13H2,1-5H3,(H,43,54)(H,44,55)/t18-,19-,21-,23-,24-,25-,30-,31-,52?,53?/m1/s1. The van der Waals surface area contributed by atoms with Crippen molar-refractivity contribution in [3.05, 3.63) is 41.1 Å². The van der Waals surface area contributed by atoms with E-state index >= 15 is 4.39 Å². The van der Waals surface area contributed by atoms with Crippen LogP contribution in [-0.4, -0.2) is 119 Å². The molecule has 8 heterocycles. The molecular weight excluding hydrogens is 864 g/mol. The molecule has 3 N–H and O–H groups in total. The molecule has 0 spiro atoms. The van der Waals surface area contributed by atoms with Gasteiger partial charge in [0.1, 0.15) is 53.8 Å². The van der Waals surface area contributed by atoms with E-state index < -0.39 is 89.7 Å². The van der Waals surface area contributed by atoms with Gasteiger partial charge in [0.05, 0.1) is 38.1 Å². The highest BCUT2D eigenvalue weighted by atomic mass is 32.5. The van der Waals surface area contributed by atoms with Crippen LogP contribution in [0.4, 0.5) is 4.39 Å². The Bertz CT molecular complexity index is 2330. The third-order valence-corrected chi connectivity index (χ3v) is 19.7. The number of hydrogen-bond acceptors (Lipinski definition) is 16. The molecule has 8 rings (SSSR count). The van der Waals surface area contributed by atoms with E-state index in [4.69, 9.17) is 55.6 Å². The smallest absolute Gasteiger partial charge is 0.325 e. The Balaban J connectivity index is 1.15. The monoisotopic (exact) mass is 907 g/mol. The summed E-state index contributed by atoms with van der Waals surface area (Å²) >= 11 is 12.7. The van der Waals surface area contributed by atoms with E-state index in [1.807, 2.05) is 33.9 Å². The van der Waals surface area contributed by atoms with Gasteiger partial charge >= 0.3 is 13.4 Å². The Morgan fingerprint density at radius 3 is 2.40 bits per heavy atom. The number of thioether (sulfide) groups is 1. The maximum absolute atomic E-state index is 16.8. The highest BCUT2D eigenvalue weighted by Crippen LogP contribution is 2.55. The van der Waals surface area contributed by atoms with Crippen LogP contribution in [0.5, 0.6) is 0 Å². The van der Waals surface area contributed by atoms with E-state index in [9.17, 15) is 19.7 Å². The molecule has 4 aliphatic rings. The maximum Gasteiger partial charge on any atom is 0.325 e. The van der Waals surface area contributed by atoms with Crippen LogP contribution in [0.2, 0.25) is 18.1 Å². The molecule has 2 bridgehead atoms. The first-order valence-corrected chi connectivity index (χ1v) is 27.4.